The molecule has 0 aliphatic rings. The van der Waals surface area contributed by atoms with E-state index in [1.807, 2.05) is 12.3 Å². The Hall–Kier alpha value is -1.77. The van der Waals surface area contributed by atoms with E-state index in [2.05, 4.69) is 15.0 Å². The summed E-state index contributed by atoms with van der Waals surface area (Å²) in [6, 6.07) is 4.55. The van der Waals surface area contributed by atoms with Gasteiger partial charge in [0.15, 0.2) is 0 Å². The molecule has 2 rings (SSSR count). The lowest BCUT2D eigenvalue weighted by atomic mass is 10.1. The van der Waals surface area contributed by atoms with E-state index in [4.69, 9.17) is 0 Å². The Morgan fingerprint density at radius 3 is 2.48 bits per heavy atom. The quantitative estimate of drug-likeness (QED) is 0.833. The molecule has 0 atom stereocenters. The second-order valence-electron chi connectivity index (χ2n) is 6.90. The molecule has 136 valence electrons. The van der Waals surface area contributed by atoms with Gasteiger partial charge in [-0.05, 0) is 52.3 Å². The lowest BCUT2D eigenvalue weighted by molar-refractivity contribution is 0.0950. The average Bonchev–Trinajstić information content (AvgIpc) is 2.88. The molecular formula is C17H23N3O3S2. The van der Waals surface area contributed by atoms with E-state index in [0.717, 1.165) is 10.7 Å². The highest BCUT2D eigenvalue weighted by atomic mass is 32.2. The van der Waals surface area contributed by atoms with Crippen LogP contribution in [-0.4, -0.2) is 24.8 Å². The fourth-order valence-corrected chi connectivity index (χ4v) is 4.37. The van der Waals surface area contributed by atoms with Crippen molar-refractivity contribution in [3.63, 3.8) is 0 Å². The fraction of sp³-hybridized carbons (Fsp3) is 0.412. The summed E-state index contributed by atoms with van der Waals surface area (Å²) in [7, 11) is -3.69. The standard InChI is InChI=1S/C17H23N3O3S2/c1-11-6-7-13(25(22,23)20-17(3,4)5)8-14(11)16(21)18-9-15-19-12(2)10-24-15/h6-8,10,20H,9H2,1-5H3,(H,18,21). The summed E-state index contributed by atoms with van der Waals surface area (Å²) in [5, 5.41) is 5.51. The molecule has 0 bridgehead atoms. The van der Waals surface area contributed by atoms with Gasteiger partial charge < -0.3 is 5.32 Å². The molecule has 0 spiro atoms. The minimum absolute atomic E-state index is 0.0725. The van der Waals surface area contributed by atoms with Crippen LogP contribution in [0.3, 0.4) is 0 Å². The van der Waals surface area contributed by atoms with Crippen molar-refractivity contribution in [1.82, 2.24) is 15.0 Å². The van der Waals surface area contributed by atoms with Crippen LogP contribution in [0.15, 0.2) is 28.5 Å². The summed E-state index contributed by atoms with van der Waals surface area (Å²) in [5.74, 6) is -0.321. The highest BCUT2D eigenvalue weighted by molar-refractivity contribution is 7.89. The normalized spacial score (nSPS) is 12.2. The van der Waals surface area contributed by atoms with E-state index < -0.39 is 15.6 Å². The topological polar surface area (TPSA) is 88.2 Å². The molecule has 1 amide bonds. The van der Waals surface area contributed by atoms with Gasteiger partial charge in [0.2, 0.25) is 10.0 Å². The van der Waals surface area contributed by atoms with Gasteiger partial charge in [0.1, 0.15) is 5.01 Å². The number of aryl methyl sites for hydroxylation is 2. The first kappa shape index (κ1) is 19.6. The van der Waals surface area contributed by atoms with Crippen molar-refractivity contribution in [2.24, 2.45) is 0 Å². The van der Waals surface area contributed by atoms with E-state index in [1.165, 1.54) is 23.5 Å². The van der Waals surface area contributed by atoms with Crippen LogP contribution < -0.4 is 10.0 Å². The number of sulfonamides is 1. The number of thiazole rings is 1. The van der Waals surface area contributed by atoms with Gasteiger partial charge in [-0.2, -0.15) is 0 Å². The number of nitrogens with zero attached hydrogens (tertiary/aromatic N) is 1. The maximum atomic E-state index is 12.5. The third-order valence-electron chi connectivity index (χ3n) is 3.27. The summed E-state index contributed by atoms with van der Waals surface area (Å²) in [4.78, 5) is 16.8. The average molecular weight is 382 g/mol. The molecule has 2 aromatic rings. The van der Waals surface area contributed by atoms with Gasteiger partial charge >= 0.3 is 0 Å². The van der Waals surface area contributed by atoms with Crippen LogP contribution in [0.5, 0.6) is 0 Å². The summed E-state index contributed by atoms with van der Waals surface area (Å²) in [5.41, 5.74) is 1.36. The fourth-order valence-electron chi connectivity index (χ4n) is 2.21. The predicted octanol–water partition coefficient (Wildman–Crippen LogP) is 2.77. The summed E-state index contributed by atoms with van der Waals surface area (Å²) in [6.07, 6.45) is 0. The number of hydrogen-bond donors (Lipinski definition) is 2. The van der Waals surface area contributed by atoms with Gasteiger partial charge in [-0.3, -0.25) is 4.79 Å². The lowest BCUT2D eigenvalue weighted by Crippen LogP contribution is -2.40. The number of carbonyl (C=O) groups is 1. The summed E-state index contributed by atoms with van der Waals surface area (Å²) >= 11 is 1.47. The molecule has 2 N–H and O–H groups in total. The smallest absolute Gasteiger partial charge is 0.251 e. The Morgan fingerprint density at radius 2 is 1.92 bits per heavy atom. The molecule has 0 unspecified atom stereocenters. The largest absolute Gasteiger partial charge is 0.346 e. The summed E-state index contributed by atoms with van der Waals surface area (Å²) in [6.45, 7) is 9.28. The third kappa shape index (κ3) is 5.35. The molecule has 6 nitrogen and oxygen atoms in total. The molecule has 0 aliphatic carbocycles. The zero-order valence-electron chi connectivity index (χ0n) is 15.0. The molecule has 0 saturated heterocycles. The minimum atomic E-state index is -3.69. The number of rotatable bonds is 5. The molecule has 0 aliphatic heterocycles. The van der Waals surface area contributed by atoms with E-state index in [1.54, 1.807) is 33.8 Å². The molecule has 0 fully saturated rings. The molecule has 1 aromatic heterocycles. The molecule has 8 heteroatoms. The van der Waals surface area contributed by atoms with Gasteiger partial charge in [-0.1, -0.05) is 6.07 Å². The first-order valence-corrected chi connectivity index (χ1v) is 10.2. The second-order valence-corrected chi connectivity index (χ2v) is 9.52. The number of aromatic nitrogens is 1. The van der Waals surface area contributed by atoms with Crippen molar-refractivity contribution in [3.8, 4) is 0 Å². The number of nitrogens with one attached hydrogen (secondary N) is 2. The van der Waals surface area contributed by atoms with Crippen LogP contribution in [0.2, 0.25) is 0 Å². The Kier molecular flexibility index (Phi) is 5.65. The first-order valence-electron chi connectivity index (χ1n) is 7.82. The van der Waals surface area contributed by atoms with Crippen LogP contribution in [0, 0.1) is 13.8 Å². The van der Waals surface area contributed by atoms with E-state index >= 15 is 0 Å². The van der Waals surface area contributed by atoms with Crippen LogP contribution in [0.1, 0.15) is 47.4 Å². The maximum absolute atomic E-state index is 12.5. The van der Waals surface area contributed by atoms with Crippen molar-refractivity contribution in [2.45, 2.75) is 51.6 Å². The summed E-state index contributed by atoms with van der Waals surface area (Å²) < 4.78 is 27.5. The maximum Gasteiger partial charge on any atom is 0.251 e. The van der Waals surface area contributed by atoms with Crippen LogP contribution in [0.4, 0.5) is 0 Å². The van der Waals surface area contributed by atoms with Gasteiger partial charge in [0.25, 0.3) is 5.91 Å². The number of benzene rings is 1. The van der Waals surface area contributed by atoms with E-state index in [9.17, 15) is 13.2 Å². The van der Waals surface area contributed by atoms with Crippen molar-refractivity contribution in [3.05, 3.63) is 45.4 Å². The molecule has 0 saturated carbocycles. The van der Waals surface area contributed by atoms with Gasteiger partial charge in [0.05, 0.1) is 11.4 Å². The van der Waals surface area contributed by atoms with Gasteiger partial charge in [0, 0.05) is 22.2 Å². The Labute approximate surface area is 152 Å². The lowest BCUT2D eigenvalue weighted by Gasteiger charge is -2.20. The van der Waals surface area contributed by atoms with Crippen LogP contribution in [-0.2, 0) is 16.6 Å². The molecule has 1 aromatic carbocycles. The van der Waals surface area contributed by atoms with Crippen molar-refractivity contribution in [1.29, 1.82) is 0 Å². The molecule has 1 heterocycles. The van der Waals surface area contributed by atoms with Crippen LogP contribution >= 0.6 is 11.3 Å². The molecule has 0 radical (unpaired) electrons. The van der Waals surface area contributed by atoms with E-state index in [0.29, 0.717) is 17.7 Å². The first-order chi connectivity index (χ1) is 11.5. The SMILES string of the molecule is Cc1csc(CNC(=O)c2cc(S(=O)(=O)NC(C)(C)C)ccc2C)n1. The number of amides is 1. The Balaban J connectivity index is 2.22. The zero-order valence-corrected chi connectivity index (χ0v) is 16.6. The number of hydrogen-bond acceptors (Lipinski definition) is 5. The molecule has 25 heavy (non-hydrogen) atoms. The Morgan fingerprint density at radius 1 is 1.24 bits per heavy atom. The highest BCUT2D eigenvalue weighted by Gasteiger charge is 2.23. The third-order valence-corrected chi connectivity index (χ3v) is 5.99. The molecular weight excluding hydrogens is 358 g/mol. The van der Waals surface area contributed by atoms with E-state index in [-0.39, 0.29) is 10.8 Å². The zero-order chi connectivity index (χ0) is 18.8. The van der Waals surface area contributed by atoms with Crippen molar-refractivity contribution < 1.29 is 13.2 Å². The minimum Gasteiger partial charge on any atom is -0.346 e. The highest BCUT2D eigenvalue weighted by Crippen LogP contribution is 2.18. The van der Waals surface area contributed by atoms with Gasteiger partial charge in [-0.15, -0.1) is 11.3 Å². The van der Waals surface area contributed by atoms with Crippen molar-refractivity contribution >= 4 is 27.3 Å². The monoisotopic (exact) mass is 381 g/mol. The van der Waals surface area contributed by atoms with Crippen LogP contribution in [0.25, 0.3) is 0 Å². The Bertz CT molecular complexity index is 881. The number of carbonyl (C=O) groups excluding carboxylic acids is 1. The van der Waals surface area contributed by atoms with Crippen molar-refractivity contribution in [2.75, 3.05) is 0 Å². The van der Waals surface area contributed by atoms with Gasteiger partial charge in [-0.25, -0.2) is 18.1 Å². The predicted molar refractivity (Wildman–Crippen MR) is 99.3 cm³/mol. The second kappa shape index (κ2) is 7.23.